The molecule has 6 rings (SSSR count). The van der Waals surface area contributed by atoms with Crippen LogP contribution in [0, 0.1) is 25.7 Å². The molecule has 8 nitrogen and oxygen atoms in total. The van der Waals surface area contributed by atoms with Crippen molar-refractivity contribution in [1.82, 2.24) is 24.8 Å². The minimum absolute atomic E-state index is 0.194. The van der Waals surface area contributed by atoms with E-state index in [4.69, 9.17) is 14.6 Å². The van der Waals surface area contributed by atoms with Crippen LogP contribution in [0.15, 0.2) is 53.1 Å². The van der Waals surface area contributed by atoms with E-state index in [0.29, 0.717) is 23.3 Å². The summed E-state index contributed by atoms with van der Waals surface area (Å²) in [5.41, 5.74) is 7.57. The van der Waals surface area contributed by atoms with Crippen molar-refractivity contribution in [2.45, 2.75) is 52.5 Å². The molecule has 1 saturated carbocycles. The Balaban J connectivity index is 1.18. The van der Waals surface area contributed by atoms with Crippen LogP contribution in [-0.4, -0.2) is 55.5 Å². The van der Waals surface area contributed by atoms with E-state index in [1.165, 1.54) is 29.5 Å². The lowest BCUT2D eigenvalue weighted by Gasteiger charge is -2.30. The van der Waals surface area contributed by atoms with Crippen LogP contribution in [0.2, 0.25) is 0 Å². The molecular weight excluding hydrogens is 490 g/mol. The highest BCUT2D eigenvalue weighted by Gasteiger charge is 2.26. The highest BCUT2D eigenvalue weighted by atomic mass is 16.5. The summed E-state index contributed by atoms with van der Waals surface area (Å²) in [5.74, 6) is 0.836. The standard InChI is InChI=1S/C31H35N5O3/c1-20-16-25(17-21(2)26(20)12-15-35-13-10-24(11-14-35)31(37)38)29-32-30(39-34-29)27-18-28(23-6-4-3-5-7-23)36(33-27)19-22-8-9-22/h3-7,16-18,22,24H,8-15,19H2,1-2H3,(H,37,38). The average Bonchev–Trinajstić information content (AvgIpc) is 3.44. The zero-order chi connectivity index (χ0) is 26.9. The van der Waals surface area contributed by atoms with Gasteiger partial charge >= 0.3 is 5.97 Å². The first-order valence-electron chi connectivity index (χ1n) is 14.0. The Labute approximate surface area is 228 Å². The predicted molar refractivity (Wildman–Crippen MR) is 149 cm³/mol. The molecular formula is C31H35N5O3. The van der Waals surface area contributed by atoms with E-state index in [-0.39, 0.29) is 5.92 Å². The molecule has 0 spiro atoms. The fraction of sp³-hybridized carbons (Fsp3) is 0.419. The van der Waals surface area contributed by atoms with Crippen molar-refractivity contribution in [3.63, 3.8) is 0 Å². The number of piperidine rings is 1. The molecule has 2 aromatic carbocycles. The van der Waals surface area contributed by atoms with Crippen LogP contribution in [0.5, 0.6) is 0 Å². The molecule has 0 atom stereocenters. The third-order valence-electron chi connectivity index (χ3n) is 8.19. The number of aliphatic carboxylic acids is 1. The summed E-state index contributed by atoms with van der Waals surface area (Å²) in [6.07, 6.45) is 4.92. The Morgan fingerprint density at radius 2 is 1.72 bits per heavy atom. The second kappa shape index (κ2) is 10.8. The maximum atomic E-state index is 11.2. The number of carboxylic acid groups (broad SMARTS) is 1. The van der Waals surface area contributed by atoms with Crippen molar-refractivity contribution in [3.8, 4) is 34.2 Å². The number of nitrogens with zero attached hydrogens (tertiary/aromatic N) is 5. The maximum absolute atomic E-state index is 11.2. The Hall–Kier alpha value is -3.78. The summed E-state index contributed by atoms with van der Waals surface area (Å²) in [6.45, 7) is 7.81. The summed E-state index contributed by atoms with van der Waals surface area (Å²) in [4.78, 5) is 18.4. The van der Waals surface area contributed by atoms with Gasteiger partial charge in [0.25, 0.3) is 5.89 Å². The number of aryl methyl sites for hydroxylation is 2. The lowest BCUT2D eigenvalue weighted by atomic mass is 9.94. The molecule has 202 valence electrons. The first-order valence-corrected chi connectivity index (χ1v) is 14.0. The van der Waals surface area contributed by atoms with Crippen LogP contribution in [0.1, 0.15) is 42.4 Å². The summed E-state index contributed by atoms with van der Waals surface area (Å²) >= 11 is 0. The minimum atomic E-state index is -0.662. The fourth-order valence-electron chi connectivity index (χ4n) is 5.68. The van der Waals surface area contributed by atoms with Gasteiger partial charge in [0.05, 0.1) is 11.6 Å². The highest BCUT2D eigenvalue weighted by molar-refractivity contribution is 5.70. The Morgan fingerprint density at radius 1 is 1.00 bits per heavy atom. The van der Waals surface area contributed by atoms with Gasteiger partial charge in [-0.3, -0.25) is 9.48 Å². The molecule has 1 aliphatic carbocycles. The minimum Gasteiger partial charge on any atom is -0.481 e. The molecule has 39 heavy (non-hydrogen) atoms. The smallest absolute Gasteiger partial charge is 0.306 e. The van der Waals surface area contributed by atoms with Crippen molar-refractivity contribution >= 4 is 5.97 Å². The molecule has 1 aliphatic heterocycles. The van der Waals surface area contributed by atoms with Gasteiger partial charge in [0.1, 0.15) is 0 Å². The zero-order valence-corrected chi connectivity index (χ0v) is 22.6. The van der Waals surface area contributed by atoms with E-state index in [1.54, 1.807) is 0 Å². The predicted octanol–water partition coefficient (Wildman–Crippen LogP) is 5.63. The van der Waals surface area contributed by atoms with Crippen LogP contribution in [0.25, 0.3) is 34.2 Å². The fourth-order valence-corrected chi connectivity index (χ4v) is 5.68. The summed E-state index contributed by atoms with van der Waals surface area (Å²) < 4.78 is 7.79. The summed E-state index contributed by atoms with van der Waals surface area (Å²) in [7, 11) is 0. The number of likely N-dealkylation sites (tertiary alicyclic amines) is 1. The number of aromatic nitrogens is 4. The van der Waals surface area contributed by atoms with Gasteiger partial charge in [-0.1, -0.05) is 35.5 Å². The first kappa shape index (κ1) is 25.5. The molecule has 2 fully saturated rings. The van der Waals surface area contributed by atoms with Gasteiger partial charge in [0, 0.05) is 18.7 Å². The number of rotatable bonds is 9. The second-order valence-electron chi connectivity index (χ2n) is 11.1. The highest BCUT2D eigenvalue weighted by Crippen LogP contribution is 2.34. The van der Waals surface area contributed by atoms with Gasteiger partial charge in [0.2, 0.25) is 5.82 Å². The van der Waals surface area contributed by atoms with Gasteiger partial charge in [-0.2, -0.15) is 10.1 Å². The van der Waals surface area contributed by atoms with Crippen LogP contribution >= 0.6 is 0 Å². The number of hydrogen-bond donors (Lipinski definition) is 1. The number of carboxylic acids is 1. The number of hydrogen-bond acceptors (Lipinski definition) is 6. The normalized spacial score (nSPS) is 16.6. The Kier molecular flexibility index (Phi) is 7.04. The molecule has 4 aromatic rings. The number of benzene rings is 2. The van der Waals surface area contributed by atoms with E-state index < -0.39 is 5.97 Å². The second-order valence-corrected chi connectivity index (χ2v) is 11.1. The van der Waals surface area contributed by atoms with E-state index >= 15 is 0 Å². The molecule has 2 aliphatic rings. The van der Waals surface area contributed by atoms with Crippen molar-refractivity contribution in [1.29, 1.82) is 0 Å². The van der Waals surface area contributed by atoms with Gasteiger partial charge in [-0.25, -0.2) is 0 Å². The molecule has 0 bridgehead atoms. The monoisotopic (exact) mass is 525 g/mol. The molecule has 0 amide bonds. The van der Waals surface area contributed by atoms with E-state index in [2.05, 4.69) is 52.9 Å². The van der Waals surface area contributed by atoms with Crippen molar-refractivity contribution in [2.75, 3.05) is 19.6 Å². The van der Waals surface area contributed by atoms with Crippen molar-refractivity contribution < 1.29 is 14.4 Å². The van der Waals surface area contributed by atoms with Crippen LogP contribution in [0.4, 0.5) is 0 Å². The molecule has 0 unspecified atom stereocenters. The lowest BCUT2D eigenvalue weighted by Crippen LogP contribution is -2.37. The van der Waals surface area contributed by atoms with Crippen LogP contribution < -0.4 is 0 Å². The largest absolute Gasteiger partial charge is 0.481 e. The molecule has 8 heteroatoms. The molecule has 1 N–H and O–H groups in total. The maximum Gasteiger partial charge on any atom is 0.306 e. The Morgan fingerprint density at radius 3 is 2.38 bits per heavy atom. The molecule has 3 heterocycles. The average molecular weight is 526 g/mol. The molecule has 0 radical (unpaired) electrons. The SMILES string of the molecule is Cc1cc(-c2noc(-c3cc(-c4ccccc4)n(CC4CC4)n3)n2)cc(C)c1CCN1CCC(C(=O)O)CC1. The summed E-state index contributed by atoms with van der Waals surface area (Å²) in [6, 6.07) is 16.6. The van der Waals surface area contributed by atoms with Gasteiger partial charge in [-0.15, -0.1) is 0 Å². The Bertz CT molecular complexity index is 1440. The third-order valence-corrected chi connectivity index (χ3v) is 8.19. The van der Waals surface area contributed by atoms with Gasteiger partial charge in [-0.05, 0) is 105 Å². The zero-order valence-electron chi connectivity index (χ0n) is 22.6. The molecule has 2 aromatic heterocycles. The summed E-state index contributed by atoms with van der Waals surface area (Å²) in [5, 5.41) is 18.4. The first-order chi connectivity index (χ1) is 18.9. The topological polar surface area (TPSA) is 97.3 Å². The van der Waals surface area contributed by atoms with Crippen molar-refractivity contribution in [3.05, 3.63) is 65.2 Å². The third kappa shape index (κ3) is 5.66. The lowest BCUT2D eigenvalue weighted by molar-refractivity contribution is -0.143. The van der Waals surface area contributed by atoms with E-state index in [1.807, 2.05) is 24.3 Å². The van der Waals surface area contributed by atoms with Crippen molar-refractivity contribution in [2.24, 2.45) is 11.8 Å². The van der Waals surface area contributed by atoms with E-state index in [0.717, 1.165) is 62.3 Å². The van der Waals surface area contributed by atoms with Gasteiger partial charge < -0.3 is 14.5 Å². The van der Waals surface area contributed by atoms with Gasteiger partial charge in [0.15, 0.2) is 5.69 Å². The van der Waals surface area contributed by atoms with Crippen LogP contribution in [-0.2, 0) is 17.8 Å². The molecule has 1 saturated heterocycles. The van der Waals surface area contributed by atoms with Crippen LogP contribution in [0.3, 0.4) is 0 Å². The van der Waals surface area contributed by atoms with E-state index in [9.17, 15) is 9.90 Å². The quantitative estimate of drug-likeness (QED) is 0.302. The number of carbonyl (C=O) groups is 1.